The average molecular weight is 446 g/mol. The zero-order chi connectivity index (χ0) is 21.6. The lowest BCUT2D eigenvalue weighted by atomic mass is 10.2. The number of thiophene rings is 1. The van der Waals surface area contributed by atoms with Gasteiger partial charge in [0.15, 0.2) is 9.84 Å². The van der Waals surface area contributed by atoms with Gasteiger partial charge in [0.05, 0.1) is 24.2 Å². The minimum absolute atomic E-state index is 0.0613. The molecule has 1 atom stereocenters. The molecule has 1 N–H and O–H groups in total. The van der Waals surface area contributed by atoms with Crippen molar-refractivity contribution in [3.63, 3.8) is 0 Å². The molecule has 1 heterocycles. The summed E-state index contributed by atoms with van der Waals surface area (Å²) < 4.78 is 37.3. The molecule has 0 saturated carbocycles. The van der Waals surface area contributed by atoms with Crippen LogP contribution in [-0.4, -0.2) is 34.6 Å². The number of rotatable bonds is 9. The molecule has 6 nitrogen and oxygen atoms in total. The molecule has 0 aliphatic heterocycles. The van der Waals surface area contributed by atoms with Gasteiger partial charge in [-0.15, -0.1) is 11.3 Å². The number of carbonyl (C=O) groups is 1. The van der Waals surface area contributed by atoms with Gasteiger partial charge in [-0.2, -0.15) is 0 Å². The normalized spacial score (nSPS) is 12.2. The fraction of sp³-hybridized carbons (Fsp3) is 0.227. The molecule has 3 aromatic rings. The Morgan fingerprint density at radius 2 is 1.80 bits per heavy atom. The lowest BCUT2D eigenvalue weighted by Crippen LogP contribution is -2.31. The van der Waals surface area contributed by atoms with Gasteiger partial charge in [0.25, 0.3) is 5.91 Å². The second kappa shape index (κ2) is 9.77. The number of carbonyl (C=O) groups excluding carboxylic acids is 1. The molecule has 0 unspecified atom stereocenters. The smallest absolute Gasteiger partial charge is 0.255 e. The summed E-state index contributed by atoms with van der Waals surface area (Å²) in [7, 11) is -2.22. The fourth-order valence-corrected chi connectivity index (χ4v) is 5.77. The SMILES string of the molecule is CCOc1ccccc1C(=O)NC[C@@H](c1cccs1)S(=O)(=O)c1ccc(OC)cc1. The Morgan fingerprint density at radius 1 is 1.07 bits per heavy atom. The van der Waals surface area contributed by atoms with E-state index >= 15 is 0 Å². The molecule has 30 heavy (non-hydrogen) atoms. The van der Waals surface area contributed by atoms with E-state index in [9.17, 15) is 13.2 Å². The van der Waals surface area contributed by atoms with Crippen LogP contribution in [0.25, 0.3) is 0 Å². The van der Waals surface area contributed by atoms with Crippen molar-refractivity contribution in [2.45, 2.75) is 17.1 Å². The maximum Gasteiger partial charge on any atom is 0.255 e. The molecular weight excluding hydrogens is 422 g/mol. The molecule has 0 aliphatic carbocycles. The molecule has 0 bridgehead atoms. The lowest BCUT2D eigenvalue weighted by Gasteiger charge is -2.18. The molecule has 0 radical (unpaired) electrons. The number of amides is 1. The Bertz CT molecular complexity index is 1080. The van der Waals surface area contributed by atoms with Crippen molar-refractivity contribution >= 4 is 27.1 Å². The summed E-state index contributed by atoms with van der Waals surface area (Å²) in [5.41, 5.74) is 0.367. The van der Waals surface area contributed by atoms with Gasteiger partial charge in [-0.05, 0) is 54.8 Å². The Morgan fingerprint density at radius 3 is 2.43 bits per heavy atom. The monoisotopic (exact) mass is 445 g/mol. The summed E-state index contributed by atoms with van der Waals surface area (Å²) >= 11 is 1.34. The quantitative estimate of drug-likeness (QED) is 0.536. The first-order valence-electron chi connectivity index (χ1n) is 9.38. The molecule has 8 heteroatoms. The number of hydrogen-bond acceptors (Lipinski definition) is 6. The van der Waals surface area contributed by atoms with Gasteiger partial charge in [0.2, 0.25) is 0 Å². The number of hydrogen-bond donors (Lipinski definition) is 1. The van der Waals surface area contributed by atoms with Crippen LogP contribution in [0.5, 0.6) is 11.5 Å². The van der Waals surface area contributed by atoms with Crippen LogP contribution in [0.1, 0.15) is 27.4 Å². The van der Waals surface area contributed by atoms with Crippen LogP contribution >= 0.6 is 11.3 Å². The predicted molar refractivity (Wildman–Crippen MR) is 117 cm³/mol. The first-order chi connectivity index (χ1) is 14.5. The second-order valence-electron chi connectivity index (χ2n) is 6.36. The number of methoxy groups -OCH3 is 1. The maximum absolute atomic E-state index is 13.3. The lowest BCUT2D eigenvalue weighted by molar-refractivity contribution is 0.0950. The third-order valence-electron chi connectivity index (χ3n) is 4.50. The Kier molecular flexibility index (Phi) is 7.12. The Hall–Kier alpha value is -2.84. The van der Waals surface area contributed by atoms with E-state index in [-0.39, 0.29) is 17.3 Å². The molecule has 1 amide bonds. The Labute approximate surface area is 180 Å². The highest BCUT2D eigenvalue weighted by Gasteiger charge is 2.31. The first kappa shape index (κ1) is 21.9. The van der Waals surface area contributed by atoms with Crippen molar-refractivity contribution in [2.75, 3.05) is 20.3 Å². The number of para-hydroxylation sites is 1. The molecule has 3 rings (SSSR count). The van der Waals surface area contributed by atoms with Gasteiger partial charge in [0.1, 0.15) is 16.7 Å². The number of nitrogens with one attached hydrogen (secondary N) is 1. The van der Waals surface area contributed by atoms with Crippen LogP contribution in [0, 0.1) is 0 Å². The predicted octanol–water partition coefficient (Wildman–Crippen LogP) is 4.10. The van der Waals surface area contributed by atoms with Gasteiger partial charge >= 0.3 is 0 Å². The van der Waals surface area contributed by atoms with Crippen molar-refractivity contribution < 1.29 is 22.7 Å². The molecule has 0 aliphatic rings. The van der Waals surface area contributed by atoms with Crippen molar-refractivity contribution in [3.05, 3.63) is 76.5 Å². The highest BCUT2D eigenvalue weighted by molar-refractivity contribution is 7.91. The van der Waals surface area contributed by atoms with E-state index in [2.05, 4.69) is 5.32 Å². The van der Waals surface area contributed by atoms with Crippen molar-refractivity contribution in [2.24, 2.45) is 0 Å². The molecule has 1 aromatic heterocycles. The largest absolute Gasteiger partial charge is 0.497 e. The van der Waals surface area contributed by atoms with Gasteiger partial charge < -0.3 is 14.8 Å². The van der Waals surface area contributed by atoms with E-state index in [1.54, 1.807) is 48.5 Å². The molecule has 0 spiro atoms. The van der Waals surface area contributed by atoms with Gasteiger partial charge in [-0.3, -0.25) is 4.79 Å². The van der Waals surface area contributed by atoms with E-state index in [0.29, 0.717) is 28.5 Å². The highest BCUT2D eigenvalue weighted by atomic mass is 32.2. The molecule has 0 fully saturated rings. The van der Waals surface area contributed by atoms with Crippen LogP contribution in [-0.2, 0) is 9.84 Å². The van der Waals surface area contributed by atoms with E-state index in [4.69, 9.17) is 9.47 Å². The van der Waals surface area contributed by atoms with Crippen molar-refractivity contribution in [3.8, 4) is 11.5 Å². The maximum atomic E-state index is 13.3. The topological polar surface area (TPSA) is 81.7 Å². The van der Waals surface area contributed by atoms with E-state index in [1.807, 2.05) is 12.3 Å². The van der Waals surface area contributed by atoms with E-state index < -0.39 is 15.1 Å². The standard InChI is InChI=1S/C22H23NO5S2/c1-3-28-19-8-5-4-7-18(19)22(24)23-15-21(20-9-6-14-29-20)30(25,26)17-12-10-16(27-2)11-13-17/h4-14,21H,3,15H2,1-2H3,(H,23,24)/t21-/m0/s1. The zero-order valence-electron chi connectivity index (χ0n) is 16.7. The summed E-state index contributed by atoms with van der Waals surface area (Å²) in [6.07, 6.45) is 0. The molecule has 0 saturated heterocycles. The summed E-state index contributed by atoms with van der Waals surface area (Å²) in [6, 6.07) is 16.7. The minimum Gasteiger partial charge on any atom is -0.497 e. The molecular formula is C22H23NO5S2. The molecule has 2 aromatic carbocycles. The van der Waals surface area contributed by atoms with Crippen LogP contribution in [0.2, 0.25) is 0 Å². The van der Waals surface area contributed by atoms with E-state index in [1.165, 1.54) is 30.6 Å². The van der Waals surface area contributed by atoms with Gasteiger partial charge in [-0.1, -0.05) is 18.2 Å². The third-order valence-corrected chi connectivity index (χ3v) is 7.74. The van der Waals surface area contributed by atoms with E-state index in [0.717, 1.165) is 0 Å². The first-order valence-corrected chi connectivity index (χ1v) is 11.8. The van der Waals surface area contributed by atoms with Gasteiger partial charge in [0, 0.05) is 11.4 Å². The van der Waals surface area contributed by atoms with Crippen LogP contribution in [0.3, 0.4) is 0 Å². The van der Waals surface area contributed by atoms with Gasteiger partial charge in [-0.25, -0.2) is 8.42 Å². The second-order valence-corrected chi connectivity index (χ2v) is 9.47. The number of ether oxygens (including phenoxy) is 2. The third kappa shape index (κ3) is 4.83. The number of benzene rings is 2. The summed E-state index contributed by atoms with van der Waals surface area (Å²) in [5.74, 6) is 0.649. The van der Waals surface area contributed by atoms with Crippen molar-refractivity contribution in [1.82, 2.24) is 5.32 Å². The minimum atomic E-state index is -3.74. The Balaban J connectivity index is 1.86. The summed E-state index contributed by atoms with van der Waals surface area (Å²) in [4.78, 5) is 13.6. The summed E-state index contributed by atoms with van der Waals surface area (Å²) in [5, 5.41) is 3.68. The van der Waals surface area contributed by atoms with Crippen LogP contribution in [0.15, 0.2) is 70.9 Å². The van der Waals surface area contributed by atoms with Crippen LogP contribution < -0.4 is 14.8 Å². The molecule has 158 valence electrons. The zero-order valence-corrected chi connectivity index (χ0v) is 18.3. The highest BCUT2D eigenvalue weighted by Crippen LogP contribution is 2.32. The number of sulfone groups is 1. The average Bonchev–Trinajstić information content (AvgIpc) is 3.28. The van der Waals surface area contributed by atoms with Crippen LogP contribution in [0.4, 0.5) is 0 Å². The summed E-state index contributed by atoms with van der Waals surface area (Å²) in [6.45, 7) is 2.20. The fourth-order valence-electron chi connectivity index (χ4n) is 2.98. The van der Waals surface area contributed by atoms with Crippen molar-refractivity contribution in [1.29, 1.82) is 0 Å².